The molecule has 0 amide bonds. The molecule has 4 atom stereocenters. The molecule has 0 aromatic carbocycles. The van der Waals surface area contributed by atoms with Crippen LogP contribution < -0.4 is 5.73 Å². The van der Waals surface area contributed by atoms with Crippen LogP contribution in [0.25, 0.3) is 11.2 Å². The number of fused-ring (bicyclic) bond motifs is 1. The van der Waals surface area contributed by atoms with Gasteiger partial charge < -0.3 is 39.6 Å². The molecule has 0 spiro atoms. The highest BCUT2D eigenvalue weighted by Gasteiger charge is 2.63. The van der Waals surface area contributed by atoms with Gasteiger partial charge in [0.15, 0.2) is 17.5 Å². The van der Waals surface area contributed by atoms with E-state index < -0.39 is 82.7 Å². The minimum Gasteiger partial charge on any atom is -0.432 e. The largest absolute Gasteiger partial charge is 0.510 e. The third kappa shape index (κ3) is 7.63. The van der Waals surface area contributed by atoms with E-state index in [1.807, 2.05) is 0 Å². The summed E-state index contributed by atoms with van der Waals surface area (Å²) in [4.78, 5) is 31.6. The SMILES string of the molecule is CC(C)OC(=O)OCOP(=O)(OCOC(=O)OC(C)C)OC[C@@]1(CF)O[C@@H](n2cnc3c(N)ccnc32)[C@](C)(O)[C@@H]1O. The number of carbonyl (C=O) groups excluding carboxylic acids is 2. The molecule has 3 rings (SSSR count). The maximum Gasteiger partial charge on any atom is 0.510 e. The van der Waals surface area contributed by atoms with Crippen LogP contribution in [0.5, 0.6) is 0 Å². The molecule has 1 saturated heterocycles. The Hall–Kier alpha value is -3.12. The summed E-state index contributed by atoms with van der Waals surface area (Å²) >= 11 is 0. The molecule has 0 aliphatic carbocycles. The molecule has 1 aliphatic heterocycles. The Balaban J connectivity index is 1.79. The number of aliphatic hydroxyl groups is 2. The van der Waals surface area contributed by atoms with Gasteiger partial charge in [-0.05, 0) is 40.7 Å². The van der Waals surface area contributed by atoms with Crippen molar-refractivity contribution in [1.82, 2.24) is 14.5 Å². The molecular formula is C23H34FN4O13P. The quantitative estimate of drug-likeness (QED) is 0.165. The molecule has 2 aromatic heterocycles. The van der Waals surface area contributed by atoms with Gasteiger partial charge in [-0.3, -0.25) is 9.09 Å². The molecule has 1 aliphatic rings. The van der Waals surface area contributed by atoms with E-state index in [9.17, 15) is 28.8 Å². The van der Waals surface area contributed by atoms with Gasteiger partial charge in [-0.25, -0.2) is 37.6 Å². The minimum atomic E-state index is -4.86. The van der Waals surface area contributed by atoms with Crippen LogP contribution in [0.4, 0.5) is 19.7 Å². The van der Waals surface area contributed by atoms with Crippen LogP contribution in [-0.4, -0.2) is 93.4 Å². The van der Waals surface area contributed by atoms with E-state index in [2.05, 4.69) is 19.4 Å². The first-order valence-corrected chi connectivity index (χ1v) is 14.0. The molecule has 0 bridgehead atoms. The standard InChI is InChI=1S/C23H34FN4O13P/c1-13(2)39-20(30)34-11-37-42(33,38-12-35-21(31)40-14(3)4)36-9-23(8-24)18(29)22(5,32)19(41-23)28-10-27-16-15(25)6-7-26-17(16)28/h6-7,10,13-14,18-19,29,32H,8-9,11-12H2,1-5H3,(H2,25,26)/t18-,19+,22+,23+/m0/s1. The summed E-state index contributed by atoms with van der Waals surface area (Å²) in [6.45, 7) is 2.82. The number of imidazole rings is 1. The van der Waals surface area contributed by atoms with E-state index in [1.165, 1.54) is 30.1 Å². The second-order valence-electron chi connectivity index (χ2n) is 9.86. The molecule has 0 saturated carbocycles. The summed E-state index contributed by atoms with van der Waals surface area (Å²) in [6, 6.07) is 1.50. The van der Waals surface area contributed by atoms with Crippen molar-refractivity contribution in [3.63, 3.8) is 0 Å². The first kappa shape index (κ1) is 33.4. The van der Waals surface area contributed by atoms with Gasteiger partial charge in [-0.2, -0.15) is 0 Å². The van der Waals surface area contributed by atoms with E-state index in [-0.39, 0.29) is 16.9 Å². The topological polar surface area (TPSA) is 222 Å². The molecule has 0 unspecified atom stereocenters. The Bertz CT molecular complexity index is 1260. The number of hydrogen-bond donors (Lipinski definition) is 3. The Morgan fingerprint density at radius 3 is 2.21 bits per heavy atom. The van der Waals surface area contributed by atoms with Crippen molar-refractivity contribution in [2.75, 3.05) is 32.6 Å². The highest BCUT2D eigenvalue weighted by atomic mass is 31.2. The lowest BCUT2D eigenvalue weighted by molar-refractivity contribution is -0.139. The van der Waals surface area contributed by atoms with Crippen LogP contribution in [0.15, 0.2) is 18.6 Å². The fourth-order valence-electron chi connectivity index (χ4n) is 3.82. The predicted octanol–water partition coefficient (Wildman–Crippen LogP) is 2.56. The Morgan fingerprint density at radius 2 is 1.69 bits per heavy atom. The zero-order valence-corrected chi connectivity index (χ0v) is 24.4. The predicted molar refractivity (Wildman–Crippen MR) is 138 cm³/mol. The number of phosphoric acid groups is 1. The van der Waals surface area contributed by atoms with Gasteiger partial charge in [0.05, 0.1) is 30.8 Å². The lowest BCUT2D eigenvalue weighted by Crippen LogP contribution is -2.53. The Morgan fingerprint density at radius 1 is 1.12 bits per heavy atom. The third-order valence-electron chi connectivity index (χ3n) is 5.78. The summed E-state index contributed by atoms with van der Waals surface area (Å²) in [5, 5.41) is 22.2. The molecular weight excluding hydrogens is 590 g/mol. The number of pyridine rings is 1. The second kappa shape index (κ2) is 13.5. The summed E-state index contributed by atoms with van der Waals surface area (Å²) < 4.78 is 68.9. The van der Waals surface area contributed by atoms with Gasteiger partial charge in [0.2, 0.25) is 13.6 Å². The second-order valence-corrected chi connectivity index (χ2v) is 11.5. The van der Waals surface area contributed by atoms with Crippen molar-refractivity contribution in [2.24, 2.45) is 0 Å². The Labute approximate surface area is 239 Å². The highest BCUT2D eigenvalue weighted by Crippen LogP contribution is 2.53. The van der Waals surface area contributed by atoms with Gasteiger partial charge in [0, 0.05) is 6.20 Å². The van der Waals surface area contributed by atoms with Gasteiger partial charge >= 0.3 is 20.1 Å². The fourth-order valence-corrected chi connectivity index (χ4v) is 4.79. The smallest absolute Gasteiger partial charge is 0.432 e. The van der Waals surface area contributed by atoms with Gasteiger partial charge in [-0.15, -0.1) is 0 Å². The number of phosphoric ester groups is 1. The number of ether oxygens (including phenoxy) is 5. The maximum atomic E-state index is 14.6. The van der Waals surface area contributed by atoms with E-state index in [0.29, 0.717) is 0 Å². The first-order valence-electron chi connectivity index (χ1n) is 12.6. The number of hydrogen-bond acceptors (Lipinski definition) is 16. The van der Waals surface area contributed by atoms with E-state index >= 15 is 0 Å². The van der Waals surface area contributed by atoms with Crippen molar-refractivity contribution in [2.45, 2.75) is 70.4 Å². The lowest BCUT2D eigenvalue weighted by atomic mass is 9.88. The number of anilines is 1. The van der Waals surface area contributed by atoms with E-state index in [4.69, 9.17) is 33.5 Å². The Kier molecular flexibility index (Phi) is 10.7. The first-order chi connectivity index (χ1) is 19.6. The van der Waals surface area contributed by atoms with E-state index in [0.717, 1.165) is 0 Å². The molecule has 3 heterocycles. The number of alkyl halides is 1. The normalized spacial score (nSPS) is 24.3. The number of nitrogens with zero attached hydrogens (tertiary/aromatic N) is 3. The number of rotatable bonds is 13. The minimum absolute atomic E-state index is 0.163. The van der Waals surface area contributed by atoms with Gasteiger partial charge in [0.1, 0.15) is 23.9 Å². The summed E-state index contributed by atoms with van der Waals surface area (Å²) in [5.74, 6) is 0. The summed E-state index contributed by atoms with van der Waals surface area (Å²) in [7, 11) is -4.86. The number of halogens is 1. The average Bonchev–Trinajstić information content (AvgIpc) is 3.40. The number of nitrogen functional groups attached to an aromatic ring is 1. The molecule has 19 heteroatoms. The van der Waals surface area contributed by atoms with Crippen LogP contribution in [-0.2, 0) is 41.8 Å². The molecule has 17 nitrogen and oxygen atoms in total. The molecule has 2 aromatic rings. The van der Waals surface area contributed by atoms with Crippen LogP contribution in [0, 0.1) is 0 Å². The molecule has 236 valence electrons. The van der Waals surface area contributed by atoms with Crippen LogP contribution >= 0.6 is 7.82 Å². The summed E-state index contributed by atoms with van der Waals surface area (Å²) in [6.07, 6.45) is -4.28. The summed E-state index contributed by atoms with van der Waals surface area (Å²) in [5.41, 5.74) is 2.10. The molecule has 4 N–H and O–H groups in total. The van der Waals surface area contributed by atoms with Crippen molar-refractivity contribution in [1.29, 1.82) is 0 Å². The zero-order valence-electron chi connectivity index (χ0n) is 23.5. The van der Waals surface area contributed by atoms with Crippen molar-refractivity contribution < 1.29 is 66.0 Å². The highest BCUT2D eigenvalue weighted by molar-refractivity contribution is 7.48. The fraction of sp³-hybridized carbons (Fsp3) is 0.652. The van der Waals surface area contributed by atoms with Crippen LogP contribution in [0.3, 0.4) is 0 Å². The number of aliphatic hydroxyl groups excluding tert-OH is 1. The monoisotopic (exact) mass is 624 g/mol. The van der Waals surface area contributed by atoms with Crippen molar-refractivity contribution >= 4 is 37.0 Å². The number of nitrogens with two attached hydrogens (primary N) is 1. The molecule has 42 heavy (non-hydrogen) atoms. The van der Waals surface area contributed by atoms with Crippen LogP contribution in [0.1, 0.15) is 40.8 Å². The van der Waals surface area contributed by atoms with Crippen molar-refractivity contribution in [3.8, 4) is 0 Å². The average molecular weight is 625 g/mol. The number of carbonyl (C=O) groups is 2. The van der Waals surface area contributed by atoms with Gasteiger partial charge in [0.25, 0.3) is 0 Å². The van der Waals surface area contributed by atoms with E-state index in [1.54, 1.807) is 27.7 Å². The molecule has 1 fully saturated rings. The maximum absolute atomic E-state index is 14.6. The zero-order chi connectivity index (χ0) is 31.3. The molecule has 0 radical (unpaired) electrons. The third-order valence-corrected chi connectivity index (χ3v) is 7.06. The van der Waals surface area contributed by atoms with Crippen LogP contribution in [0.2, 0.25) is 0 Å². The number of aromatic nitrogens is 3. The lowest BCUT2D eigenvalue weighted by Gasteiger charge is -2.31. The van der Waals surface area contributed by atoms with Crippen molar-refractivity contribution in [3.05, 3.63) is 18.6 Å². The van der Waals surface area contributed by atoms with Gasteiger partial charge in [-0.1, -0.05) is 0 Å².